The van der Waals surface area contributed by atoms with E-state index >= 15 is 0 Å². The second-order valence-corrected chi connectivity index (χ2v) is 6.39. The van der Waals surface area contributed by atoms with Crippen molar-refractivity contribution >= 4 is 5.97 Å². The highest BCUT2D eigenvalue weighted by Gasteiger charge is 2.29. The Kier molecular flexibility index (Phi) is 5.43. The smallest absolute Gasteiger partial charge is 0.351 e. The van der Waals surface area contributed by atoms with Crippen molar-refractivity contribution in [3.8, 4) is 17.2 Å². The predicted octanol–water partition coefficient (Wildman–Crippen LogP) is 4.15. The molecule has 1 aliphatic rings. The molecule has 0 radical (unpaired) electrons. The van der Waals surface area contributed by atoms with Crippen molar-refractivity contribution in [1.29, 1.82) is 0 Å². The SMILES string of the molecule is O=C(OCc1ccccc1)C1COc2ccc(OCc3ccccc3)cc2O1. The van der Waals surface area contributed by atoms with Crippen LogP contribution in [0.4, 0.5) is 0 Å². The zero-order valence-corrected chi connectivity index (χ0v) is 15.2. The average Bonchev–Trinajstić information content (AvgIpc) is 2.77. The Bertz CT molecular complexity index is 924. The van der Waals surface area contributed by atoms with Gasteiger partial charge in [0.25, 0.3) is 0 Å². The van der Waals surface area contributed by atoms with Crippen molar-refractivity contribution < 1.29 is 23.7 Å². The van der Waals surface area contributed by atoms with Crippen LogP contribution in [0.1, 0.15) is 11.1 Å². The first-order valence-corrected chi connectivity index (χ1v) is 9.09. The highest BCUT2D eigenvalue weighted by Crippen LogP contribution is 2.35. The summed E-state index contributed by atoms with van der Waals surface area (Å²) in [6.45, 7) is 0.764. The maximum Gasteiger partial charge on any atom is 0.351 e. The third kappa shape index (κ3) is 4.43. The van der Waals surface area contributed by atoms with Gasteiger partial charge in [-0.3, -0.25) is 0 Å². The predicted molar refractivity (Wildman–Crippen MR) is 103 cm³/mol. The molecule has 1 atom stereocenters. The number of rotatable bonds is 6. The van der Waals surface area contributed by atoms with Crippen LogP contribution in [0.3, 0.4) is 0 Å². The van der Waals surface area contributed by atoms with Gasteiger partial charge in [-0.1, -0.05) is 60.7 Å². The fraction of sp³-hybridized carbons (Fsp3) is 0.174. The maximum absolute atomic E-state index is 12.3. The van der Waals surface area contributed by atoms with Gasteiger partial charge in [-0.25, -0.2) is 4.79 Å². The third-order valence-corrected chi connectivity index (χ3v) is 4.31. The molecule has 0 aromatic heterocycles. The monoisotopic (exact) mass is 376 g/mol. The van der Waals surface area contributed by atoms with Crippen molar-refractivity contribution in [3.63, 3.8) is 0 Å². The van der Waals surface area contributed by atoms with Crippen molar-refractivity contribution in [1.82, 2.24) is 0 Å². The van der Waals surface area contributed by atoms with Crippen molar-refractivity contribution in [2.45, 2.75) is 19.3 Å². The fourth-order valence-electron chi connectivity index (χ4n) is 2.82. The molecule has 0 N–H and O–H groups in total. The maximum atomic E-state index is 12.3. The molecular weight excluding hydrogens is 356 g/mol. The Labute approximate surface area is 163 Å². The van der Waals surface area contributed by atoms with Gasteiger partial charge >= 0.3 is 5.97 Å². The van der Waals surface area contributed by atoms with Crippen LogP contribution in [-0.2, 0) is 22.7 Å². The molecule has 0 saturated heterocycles. The molecule has 0 spiro atoms. The molecule has 1 unspecified atom stereocenters. The van der Waals surface area contributed by atoms with Crippen LogP contribution < -0.4 is 14.2 Å². The average molecular weight is 376 g/mol. The van der Waals surface area contributed by atoms with E-state index in [0.717, 1.165) is 11.1 Å². The zero-order chi connectivity index (χ0) is 19.2. The second-order valence-electron chi connectivity index (χ2n) is 6.39. The number of esters is 1. The molecule has 0 bridgehead atoms. The van der Waals surface area contributed by atoms with Gasteiger partial charge in [0.1, 0.15) is 25.6 Å². The minimum atomic E-state index is -0.805. The van der Waals surface area contributed by atoms with Gasteiger partial charge < -0.3 is 18.9 Å². The molecule has 0 fully saturated rings. The standard InChI is InChI=1S/C23H20O5/c24-23(27-15-18-9-5-2-6-10-18)22-16-26-20-12-11-19(13-21(20)28-22)25-14-17-7-3-1-4-8-17/h1-13,22H,14-16H2. The van der Waals surface area contributed by atoms with E-state index in [0.29, 0.717) is 23.9 Å². The first-order valence-electron chi connectivity index (χ1n) is 9.09. The molecular formula is C23H20O5. The molecule has 1 heterocycles. The second kappa shape index (κ2) is 8.48. The lowest BCUT2D eigenvalue weighted by Crippen LogP contribution is -2.37. The Balaban J connectivity index is 1.36. The van der Waals surface area contributed by atoms with E-state index < -0.39 is 12.1 Å². The summed E-state index contributed by atoms with van der Waals surface area (Å²) >= 11 is 0. The summed E-state index contributed by atoms with van der Waals surface area (Å²) in [6, 6.07) is 24.7. The van der Waals surface area contributed by atoms with E-state index in [9.17, 15) is 4.79 Å². The number of benzene rings is 3. The molecule has 0 aliphatic carbocycles. The number of hydrogen-bond acceptors (Lipinski definition) is 5. The van der Waals surface area contributed by atoms with E-state index in [1.165, 1.54) is 0 Å². The third-order valence-electron chi connectivity index (χ3n) is 4.31. The molecule has 142 valence electrons. The number of ether oxygens (including phenoxy) is 4. The van der Waals surface area contributed by atoms with Crippen LogP contribution in [0.5, 0.6) is 17.2 Å². The van der Waals surface area contributed by atoms with E-state index in [-0.39, 0.29) is 13.2 Å². The van der Waals surface area contributed by atoms with Crippen molar-refractivity contribution in [3.05, 3.63) is 90.0 Å². The quantitative estimate of drug-likeness (QED) is 0.605. The summed E-state index contributed by atoms with van der Waals surface area (Å²) in [7, 11) is 0. The lowest BCUT2D eigenvalue weighted by atomic mass is 10.2. The molecule has 0 amide bonds. The summed E-state index contributed by atoms with van der Waals surface area (Å²) in [5, 5.41) is 0. The number of carbonyl (C=O) groups is 1. The Hall–Kier alpha value is -3.47. The van der Waals surface area contributed by atoms with Crippen molar-refractivity contribution in [2.75, 3.05) is 6.61 Å². The Morgan fingerprint density at radius 2 is 1.54 bits per heavy atom. The first kappa shape index (κ1) is 17.9. The fourth-order valence-corrected chi connectivity index (χ4v) is 2.82. The van der Waals surface area contributed by atoms with Gasteiger partial charge in [-0.15, -0.1) is 0 Å². The van der Waals surface area contributed by atoms with Crippen LogP contribution >= 0.6 is 0 Å². The molecule has 1 aliphatic heterocycles. The summed E-state index contributed by atoms with van der Waals surface area (Å²) in [4.78, 5) is 12.3. The molecule has 5 nitrogen and oxygen atoms in total. The summed E-state index contributed by atoms with van der Waals surface area (Å²) in [6.07, 6.45) is -0.805. The van der Waals surface area contributed by atoms with Gasteiger partial charge in [0.2, 0.25) is 6.10 Å². The van der Waals surface area contributed by atoms with E-state index in [4.69, 9.17) is 18.9 Å². The number of fused-ring (bicyclic) bond motifs is 1. The number of hydrogen-bond donors (Lipinski definition) is 0. The zero-order valence-electron chi connectivity index (χ0n) is 15.2. The van der Waals surface area contributed by atoms with Gasteiger partial charge in [0.15, 0.2) is 11.5 Å². The van der Waals surface area contributed by atoms with Crippen molar-refractivity contribution in [2.24, 2.45) is 0 Å². The Morgan fingerprint density at radius 3 is 2.25 bits per heavy atom. The Morgan fingerprint density at radius 1 is 0.857 bits per heavy atom. The molecule has 5 heteroatoms. The van der Waals surface area contributed by atoms with Gasteiger partial charge in [0, 0.05) is 6.07 Å². The minimum Gasteiger partial charge on any atom is -0.489 e. The largest absolute Gasteiger partial charge is 0.489 e. The molecule has 28 heavy (non-hydrogen) atoms. The first-order chi connectivity index (χ1) is 13.8. The molecule has 0 saturated carbocycles. The van der Waals surface area contributed by atoms with Gasteiger partial charge in [-0.05, 0) is 23.3 Å². The topological polar surface area (TPSA) is 54.0 Å². The van der Waals surface area contributed by atoms with Crippen LogP contribution in [0.2, 0.25) is 0 Å². The number of carbonyl (C=O) groups excluding carboxylic acids is 1. The summed E-state index contributed by atoms with van der Waals surface area (Å²) in [5.74, 6) is 1.24. The lowest BCUT2D eigenvalue weighted by molar-refractivity contribution is -0.155. The van der Waals surface area contributed by atoms with Gasteiger partial charge in [0.05, 0.1) is 0 Å². The minimum absolute atomic E-state index is 0.116. The normalized spacial score (nSPS) is 14.9. The van der Waals surface area contributed by atoms with Crippen LogP contribution in [-0.4, -0.2) is 18.7 Å². The van der Waals surface area contributed by atoms with Crippen LogP contribution in [0.25, 0.3) is 0 Å². The lowest BCUT2D eigenvalue weighted by Gasteiger charge is -2.25. The summed E-state index contributed by atoms with van der Waals surface area (Å²) in [5.41, 5.74) is 1.99. The van der Waals surface area contributed by atoms with Crippen LogP contribution in [0.15, 0.2) is 78.9 Å². The van der Waals surface area contributed by atoms with Gasteiger partial charge in [-0.2, -0.15) is 0 Å². The van der Waals surface area contributed by atoms with E-state index in [1.807, 2.05) is 66.7 Å². The highest BCUT2D eigenvalue weighted by atomic mass is 16.6. The van der Waals surface area contributed by atoms with E-state index in [2.05, 4.69) is 0 Å². The molecule has 3 aromatic rings. The molecule has 4 rings (SSSR count). The van der Waals surface area contributed by atoms with Crippen LogP contribution in [0, 0.1) is 0 Å². The molecule has 3 aromatic carbocycles. The van der Waals surface area contributed by atoms with E-state index in [1.54, 1.807) is 12.1 Å². The summed E-state index contributed by atoms with van der Waals surface area (Å²) < 4.78 is 22.6. The highest BCUT2D eigenvalue weighted by molar-refractivity contribution is 5.76.